The Bertz CT molecular complexity index is 465. The van der Waals surface area contributed by atoms with Crippen LogP contribution in [-0.2, 0) is 0 Å². The standard InChI is InChI=1S/C11H11FN2S/c1-7(13)10-6-15-11(14-10)8-4-2-3-5-9(8)12/h2-7H,13H2,1H3/t7-/m1/s1. The van der Waals surface area contributed by atoms with Gasteiger partial charge in [0.1, 0.15) is 10.8 Å². The van der Waals surface area contributed by atoms with Crippen molar-refractivity contribution >= 4 is 11.3 Å². The molecule has 0 amide bonds. The van der Waals surface area contributed by atoms with Crippen LogP contribution in [0, 0.1) is 5.82 Å². The first-order chi connectivity index (χ1) is 7.18. The molecule has 1 heterocycles. The van der Waals surface area contributed by atoms with E-state index in [-0.39, 0.29) is 11.9 Å². The van der Waals surface area contributed by atoms with Gasteiger partial charge in [-0.05, 0) is 19.1 Å². The number of thiazole rings is 1. The monoisotopic (exact) mass is 222 g/mol. The fourth-order valence-electron chi connectivity index (χ4n) is 1.25. The highest BCUT2D eigenvalue weighted by Crippen LogP contribution is 2.27. The normalized spacial score (nSPS) is 12.7. The number of hydrogen-bond donors (Lipinski definition) is 1. The molecular formula is C11H11FN2S. The number of nitrogens with zero attached hydrogens (tertiary/aromatic N) is 1. The van der Waals surface area contributed by atoms with Gasteiger partial charge in [-0.15, -0.1) is 11.3 Å². The first-order valence-corrected chi connectivity index (χ1v) is 5.52. The molecule has 2 N–H and O–H groups in total. The highest BCUT2D eigenvalue weighted by atomic mass is 32.1. The molecule has 2 rings (SSSR count). The first-order valence-electron chi connectivity index (χ1n) is 4.64. The summed E-state index contributed by atoms with van der Waals surface area (Å²) in [6, 6.07) is 6.51. The molecular weight excluding hydrogens is 211 g/mol. The second-order valence-electron chi connectivity index (χ2n) is 3.35. The van der Waals surface area contributed by atoms with Crippen molar-refractivity contribution in [2.75, 3.05) is 0 Å². The van der Waals surface area contributed by atoms with E-state index >= 15 is 0 Å². The zero-order valence-corrected chi connectivity index (χ0v) is 9.09. The van der Waals surface area contributed by atoms with Crippen molar-refractivity contribution in [1.82, 2.24) is 4.98 Å². The van der Waals surface area contributed by atoms with Crippen LogP contribution in [0.4, 0.5) is 4.39 Å². The Morgan fingerprint density at radius 3 is 2.73 bits per heavy atom. The number of benzene rings is 1. The SMILES string of the molecule is C[C@@H](N)c1csc(-c2ccccc2F)n1. The summed E-state index contributed by atoms with van der Waals surface area (Å²) >= 11 is 1.41. The number of nitrogens with two attached hydrogens (primary N) is 1. The Morgan fingerprint density at radius 1 is 1.40 bits per heavy atom. The third kappa shape index (κ3) is 2.06. The van der Waals surface area contributed by atoms with Crippen LogP contribution in [0.1, 0.15) is 18.7 Å². The van der Waals surface area contributed by atoms with E-state index in [1.165, 1.54) is 17.4 Å². The summed E-state index contributed by atoms with van der Waals surface area (Å²) < 4.78 is 13.4. The van der Waals surface area contributed by atoms with Crippen LogP contribution < -0.4 is 5.73 Å². The molecule has 0 bridgehead atoms. The Hall–Kier alpha value is -1.26. The lowest BCUT2D eigenvalue weighted by molar-refractivity contribution is 0.631. The second kappa shape index (κ2) is 4.08. The number of hydrogen-bond acceptors (Lipinski definition) is 3. The minimum absolute atomic E-state index is 0.109. The molecule has 1 aromatic heterocycles. The van der Waals surface area contributed by atoms with Gasteiger partial charge in [0.2, 0.25) is 0 Å². The van der Waals surface area contributed by atoms with E-state index in [0.717, 1.165) is 5.69 Å². The molecule has 0 saturated heterocycles. The minimum atomic E-state index is -0.247. The quantitative estimate of drug-likeness (QED) is 0.848. The zero-order chi connectivity index (χ0) is 10.8. The highest BCUT2D eigenvalue weighted by Gasteiger charge is 2.10. The molecule has 0 aliphatic heterocycles. The molecule has 0 fully saturated rings. The third-order valence-corrected chi connectivity index (χ3v) is 2.99. The number of rotatable bonds is 2. The third-order valence-electron chi connectivity index (χ3n) is 2.09. The smallest absolute Gasteiger partial charge is 0.133 e. The van der Waals surface area contributed by atoms with Gasteiger partial charge in [0.15, 0.2) is 0 Å². The first kappa shape index (κ1) is 10.3. The lowest BCUT2D eigenvalue weighted by atomic mass is 10.2. The molecule has 78 valence electrons. The molecule has 0 spiro atoms. The maximum atomic E-state index is 13.4. The highest BCUT2D eigenvalue weighted by molar-refractivity contribution is 7.13. The lowest BCUT2D eigenvalue weighted by Crippen LogP contribution is -2.04. The Morgan fingerprint density at radius 2 is 2.13 bits per heavy atom. The van der Waals surface area contributed by atoms with E-state index in [1.807, 2.05) is 12.3 Å². The van der Waals surface area contributed by atoms with Crippen molar-refractivity contribution in [3.8, 4) is 10.6 Å². The predicted molar refractivity (Wildman–Crippen MR) is 60.1 cm³/mol. The largest absolute Gasteiger partial charge is 0.323 e. The fourth-order valence-corrected chi connectivity index (χ4v) is 2.20. The van der Waals surface area contributed by atoms with Gasteiger partial charge in [-0.25, -0.2) is 9.37 Å². The summed E-state index contributed by atoms with van der Waals surface area (Å²) in [7, 11) is 0. The van der Waals surface area contributed by atoms with Crippen molar-refractivity contribution in [1.29, 1.82) is 0 Å². The summed E-state index contributed by atoms with van der Waals surface area (Å²) in [5.74, 6) is -0.247. The van der Waals surface area contributed by atoms with Crippen molar-refractivity contribution in [2.45, 2.75) is 13.0 Å². The van der Waals surface area contributed by atoms with Crippen molar-refractivity contribution < 1.29 is 4.39 Å². The topological polar surface area (TPSA) is 38.9 Å². The van der Waals surface area contributed by atoms with Crippen LogP contribution in [0.2, 0.25) is 0 Å². The maximum Gasteiger partial charge on any atom is 0.133 e. The van der Waals surface area contributed by atoms with E-state index in [1.54, 1.807) is 18.2 Å². The average molecular weight is 222 g/mol. The van der Waals surface area contributed by atoms with Crippen molar-refractivity contribution in [3.63, 3.8) is 0 Å². The molecule has 2 nitrogen and oxygen atoms in total. The van der Waals surface area contributed by atoms with Crippen LogP contribution in [0.15, 0.2) is 29.6 Å². The Balaban J connectivity index is 2.42. The van der Waals surface area contributed by atoms with E-state index in [2.05, 4.69) is 4.98 Å². The number of aromatic nitrogens is 1. The minimum Gasteiger partial charge on any atom is -0.323 e. The van der Waals surface area contributed by atoms with E-state index < -0.39 is 0 Å². The van der Waals surface area contributed by atoms with Crippen molar-refractivity contribution in [3.05, 3.63) is 41.2 Å². The van der Waals surface area contributed by atoms with Gasteiger partial charge in [-0.2, -0.15) is 0 Å². The predicted octanol–water partition coefficient (Wildman–Crippen LogP) is 2.97. The zero-order valence-electron chi connectivity index (χ0n) is 8.27. The van der Waals surface area contributed by atoms with Gasteiger partial charge in [-0.1, -0.05) is 12.1 Å². The van der Waals surface area contributed by atoms with Gasteiger partial charge in [0.25, 0.3) is 0 Å². The van der Waals surface area contributed by atoms with E-state index in [0.29, 0.717) is 10.6 Å². The van der Waals surface area contributed by atoms with Crippen LogP contribution in [0.5, 0.6) is 0 Å². The maximum absolute atomic E-state index is 13.4. The van der Waals surface area contributed by atoms with Crippen molar-refractivity contribution in [2.24, 2.45) is 5.73 Å². The molecule has 2 aromatic rings. The van der Waals surface area contributed by atoms with Gasteiger partial charge in [0.05, 0.1) is 5.69 Å². The van der Waals surface area contributed by atoms with Gasteiger partial charge < -0.3 is 5.73 Å². The molecule has 15 heavy (non-hydrogen) atoms. The van der Waals surface area contributed by atoms with Gasteiger partial charge in [-0.3, -0.25) is 0 Å². The Labute approximate surface area is 91.6 Å². The van der Waals surface area contributed by atoms with E-state index in [4.69, 9.17) is 5.73 Å². The number of halogens is 1. The van der Waals surface area contributed by atoms with Crippen LogP contribution in [-0.4, -0.2) is 4.98 Å². The Kier molecular flexibility index (Phi) is 2.79. The molecule has 0 saturated carbocycles. The van der Waals surface area contributed by atoms with Crippen LogP contribution >= 0.6 is 11.3 Å². The van der Waals surface area contributed by atoms with Crippen LogP contribution in [0.3, 0.4) is 0 Å². The van der Waals surface area contributed by atoms with Gasteiger partial charge >= 0.3 is 0 Å². The van der Waals surface area contributed by atoms with E-state index in [9.17, 15) is 4.39 Å². The summed E-state index contributed by atoms with van der Waals surface area (Å²) in [5.41, 5.74) is 7.03. The molecule has 0 aliphatic carbocycles. The molecule has 1 atom stereocenters. The van der Waals surface area contributed by atoms with Gasteiger partial charge in [0, 0.05) is 17.0 Å². The summed E-state index contributed by atoms with van der Waals surface area (Å²) in [4.78, 5) is 4.29. The summed E-state index contributed by atoms with van der Waals surface area (Å²) in [6.07, 6.45) is 0. The lowest BCUT2D eigenvalue weighted by Gasteiger charge is -1.99. The molecule has 0 unspecified atom stereocenters. The molecule has 1 aromatic carbocycles. The molecule has 4 heteroatoms. The molecule has 0 aliphatic rings. The summed E-state index contributed by atoms with van der Waals surface area (Å²) in [6.45, 7) is 1.86. The second-order valence-corrected chi connectivity index (χ2v) is 4.20. The summed E-state index contributed by atoms with van der Waals surface area (Å²) in [5, 5.41) is 2.55. The average Bonchev–Trinajstić information content (AvgIpc) is 2.67. The fraction of sp³-hybridized carbons (Fsp3) is 0.182. The molecule has 0 radical (unpaired) electrons. The van der Waals surface area contributed by atoms with Crippen LogP contribution in [0.25, 0.3) is 10.6 Å².